The molecule has 166 valence electrons. The van der Waals surface area contributed by atoms with Crippen LogP contribution in [0.2, 0.25) is 0 Å². The molecule has 4 aromatic carbocycles. The van der Waals surface area contributed by atoms with E-state index in [-0.39, 0.29) is 12.3 Å². The van der Waals surface area contributed by atoms with Gasteiger partial charge in [0.05, 0.1) is 17.1 Å². The fourth-order valence-electron chi connectivity index (χ4n) is 3.80. The van der Waals surface area contributed by atoms with Crippen LogP contribution in [0.4, 0.5) is 18.9 Å². The van der Waals surface area contributed by atoms with Gasteiger partial charge in [0.25, 0.3) is 14.0 Å². The lowest BCUT2D eigenvalue weighted by Gasteiger charge is -2.33. The molecule has 0 amide bonds. The Labute approximate surface area is 189 Å². The summed E-state index contributed by atoms with van der Waals surface area (Å²) in [5.74, 6) is -1.34. The maximum atomic E-state index is 13.8. The molecule has 33 heavy (non-hydrogen) atoms. The summed E-state index contributed by atoms with van der Waals surface area (Å²) in [5, 5.41) is 13.4. The van der Waals surface area contributed by atoms with Crippen molar-refractivity contribution in [2.24, 2.45) is 0 Å². The number of halogens is 3. The lowest BCUT2D eigenvalue weighted by Crippen LogP contribution is -2.69. The first-order valence-corrected chi connectivity index (χ1v) is 12.0. The Morgan fingerprint density at radius 2 is 1.06 bits per heavy atom. The van der Waals surface area contributed by atoms with Crippen molar-refractivity contribution in [3.8, 4) is 0 Å². The Balaban J connectivity index is 1.93. The van der Waals surface area contributed by atoms with Crippen LogP contribution < -0.4 is 15.6 Å². The van der Waals surface area contributed by atoms with Gasteiger partial charge in [-0.2, -0.15) is 0 Å². The molecule has 0 heterocycles. The van der Waals surface area contributed by atoms with Crippen molar-refractivity contribution in [3.63, 3.8) is 0 Å². The summed E-state index contributed by atoms with van der Waals surface area (Å²) in [6.07, 6.45) is 0. The summed E-state index contributed by atoms with van der Waals surface area (Å²) in [5.41, 5.74) is 0.253. The SMILES string of the molecule is O=[N+]([O-])c1ccccc1CO[Si](c1ccc(F)cc1)(c1ccc(F)cc1)c1ccc(F)cc1. The number of nitro groups is 1. The Bertz CT molecular complexity index is 1150. The average Bonchev–Trinajstić information content (AvgIpc) is 2.82. The molecule has 0 spiro atoms. The molecule has 4 aromatic rings. The maximum Gasteiger partial charge on any atom is 0.288 e. The highest BCUT2D eigenvalue weighted by Gasteiger charge is 2.42. The largest absolute Gasteiger partial charge is 0.399 e. The molecule has 0 radical (unpaired) electrons. The lowest BCUT2D eigenvalue weighted by atomic mass is 10.2. The first-order chi connectivity index (χ1) is 15.9. The van der Waals surface area contributed by atoms with Crippen LogP contribution >= 0.6 is 0 Å². The van der Waals surface area contributed by atoms with Gasteiger partial charge in [0.15, 0.2) is 0 Å². The number of hydrogen-bond donors (Lipinski definition) is 0. The number of nitrogens with zero attached hydrogens (tertiary/aromatic N) is 1. The lowest BCUT2D eigenvalue weighted by molar-refractivity contribution is -0.385. The molecule has 0 saturated heterocycles. The summed E-state index contributed by atoms with van der Waals surface area (Å²) in [7, 11) is -3.46. The molecule has 0 aliphatic rings. The van der Waals surface area contributed by atoms with E-state index < -0.39 is 30.7 Å². The zero-order valence-corrected chi connectivity index (χ0v) is 18.3. The molecule has 0 fully saturated rings. The van der Waals surface area contributed by atoms with Crippen LogP contribution in [0, 0.1) is 27.6 Å². The Morgan fingerprint density at radius 1 is 0.667 bits per heavy atom. The van der Waals surface area contributed by atoms with E-state index >= 15 is 0 Å². The van der Waals surface area contributed by atoms with E-state index in [1.54, 1.807) is 54.6 Å². The Kier molecular flexibility index (Phi) is 6.39. The second-order valence-corrected chi connectivity index (χ2v) is 10.8. The molecule has 8 heteroatoms. The van der Waals surface area contributed by atoms with E-state index in [9.17, 15) is 23.3 Å². The fourth-order valence-corrected chi connectivity index (χ4v) is 7.58. The first-order valence-electron chi connectivity index (χ1n) is 10.0. The van der Waals surface area contributed by atoms with Crippen LogP contribution in [0.15, 0.2) is 97.1 Å². The Hall–Kier alpha value is -3.75. The van der Waals surface area contributed by atoms with Gasteiger partial charge in [0, 0.05) is 6.07 Å². The smallest absolute Gasteiger partial charge is 0.288 e. The number of para-hydroxylation sites is 1. The van der Waals surface area contributed by atoms with Crippen molar-refractivity contribution in [2.75, 3.05) is 0 Å². The third-order valence-electron chi connectivity index (χ3n) is 5.38. The maximum absolute atomic E-state index is 13.8. The van der Waals surface area contributed by atoms with E-state index in [1.165, 1.54) is 42.5 Å². The first kappa shape index (κ1) is 22.4. The molecule has 0 atom stereocenters. The second-order valence-electron chi connectivity index (χ2n) is 7.38. The van der Waals surface area contributed by atoms with Gasteiger partial charge >= 0.3 is 0 Å². The molecule has 0 N–H and O–H groups in total. The predicted molar refractivity (Wildman–Crippen MR) is 122 cm³/mol. The van der Waals surface area contributed by atoms with Crippen molar-refractivity contribution in [3.05, 3.63) is 130 Å². The number of hydrogen-bond acceptors (Lipinski definition) is 3. The number of nitro benzene ring substituents is 1. The van der Waals surface area contributed by atoms with E-state index in [1.807, 2.05) is 0 Å². The highest BCUT2D eigenvalue weighted by molar-refractivity contribution is 7.07. The minimum Gasteiger partial charge on any atom is -0.399 e. The second kappa shape index (κ2) is 9.39. The highest BCUT2D eigenvalue weighted by atomic mass is 28.4. The van der Waals surface area contributed by atoms with Crippen molar-refractivity contribution in [2.45, 2.75) is 6.61 Å². The van der Waals surface area contributed by atoms with Crippen LogP contribution in [-0.4, -0.2) is 13.2 Å². The normalized spacial score (nSPS) is 11.4. The number of benzene rings is 4. The molecule has 0 saturated carbocycles. The summed E-state index contributed by atoms with van der Waals surface area (Å²) in [4.78, 5) is 11.0. The van der Waals surface area contributed by atoms with E-state index in [2.05, 4.69) is 0 Å². The topological polar surface area (TPSA) is 52.4 Å². The van der Waals surface area contributed by atoms with Crippen LogP contribution in [-0.2, 0) is 11.0 Å². The standard InChI is InChI=1S/C25H18F3NO3Si/c26-19-5-11-22(12-6-19)33(23-13-7-20(27)8-14-23,24-15-9-21(28)10-16-24)32-17-18-3-1-2-4-25(18)29(30)31/h1-16H,17H2. The van der Waals surface area contributed by atoms with Crippen LogP contribution in [0.1, 0.15) is 5.56 Å². The molecular weight excluding hydrogens is 447 g/mol. The van der Waals surface area contributed by atoms with Crippen LogP contribution in [0.3, 0.4) is 0 Å². The third kappa shape index (κ3) is 4.57. The molecule has 0 aliphatic carbocycles. The van der Waals surface area contributed by atoms with Gasteiger partial charge in [-0.05, 0) is 58.0 Å². The van der Waals surface area contributed by atoms with Gasteiger partial charge in [0.2, 0.25) is 0 Å². The number of rotatable bonds is 7. The Morgan fingerprint density at radius 3 is 1.45 bits per heavy atom. The average molecular weight is 466 g/mol. The van der Waals surface area contributed by atoms with Gasteiger partial charge < -0.3 is 4.43 Å². The summed E-state index contributed by atoms with van der Waals surface area (Å²) in [6, 6.07) is 23.4. The molecule has 4 rings (SSSR count). The highest BCUT2D eigenvalue weighted by Crippen LogP contribution is 2.21. The fraction of sp³-hybridized carbons (Fsp3) is 0.0400. The van der Waals surface area contributed by atoms with Crippen molar-refractivity contribution in [1.29, 1.82) is 0 Å². The van der Waals surface area contributed by atoms with Gasteiger partial charge in [-0.1, -0.05) is 48.5 Å². The molecule has 0 bridgehead atoms. The van der Waals surface area contributed by atoms with E-state index in [4.69, 9.17) is 4.43 Å². The zero-order chi connectivity index (χ0) is 23.4. The summed E-state index contributed by atoms with van der Waals surface area (Å²) >= 11 is 0. The quantitative estimate of drug-likeness (QED) is 0.178. The monoisotopic (exact) mass is 465 g/mol. The zero-order valence-electron chi connectivity index (χ0n) is 17.3. The molecule has 0 aliphatic heterocycles. The summed E-state index contributed by atoms with van der Waals surface area (Å²) < 4.78 is 47.9. The van der Waals surface area contributed by atoms with E-state index in [0.717, 1.165) is 0 Å². The van der Waals surface area contributed by atoms with E-state index in [0.29, 0.717) is 21.1 Å². The minimum atomic E-state index is -3.46. The molecule has 4 nitrogen and oxygen atoms in total. The van der Waals surface area contributed by atoms with Crippen molar-refractivity contribution >= 4 is 29.6 Å². The van der Waals surface area contributed by atoms with Crippen LogP contribution in [0.5, 0.6) is 0 Å². The predicted octanol–water partition coefficient (Wildman–Crippen LogP) is 4.20. The van der Waals surface area contributed by atoms with Crippen molar-refractivity contribution < 1.29 is 22.5 Å². The third-order valence-corrected chi connectivity index (χ3v) is 9.40. The molecule has 0 unspecified atom stereocenters. The van der Waals surface area contributed by atoms with Crippen LogP contribution in [0.25, 0.3) is 0 Å². The molecular formula is C25H18F3NO3Si. The van der Waals surface area contributed by atoms with Gasteiger partial charge in [0.1, 0.15) is 17.5 Å². The van der Waals surface area contributed by atoms with Gasteiger partial charge in [-0.25, -0.2) is 13.2 Å². The van der Waals surface area contributed by atoms with Gasteiger partial charge in [-0.3, -0.25) is 10.1 Å². The van der Waals surface area contributed by atoms with Gasteiger partial charge in [-0.15, -0.1) is 0 Å². The van der Waals surface area contributed by atoms with Crippen molar-refractivity contribution in [1.82, 2.24) is 0 Å². The summed E-state index contributed by atoms with van der Waals surface area (Å²) in [6.45, 7) is -0.129. The molecule has 0 aromatic heterocycles. The minimum absolute atomic E-state index is 0.0993.